The number of hydrogen-bond acceptors (Lipinski definition) is 3. The summed E-state index contributed by atoms with van der Waals surface area (Å²) in [5.41, 5.74) is 0.216. The molecule has 2 aromatic heterocycles. The van der Waals surface area contributed by atoms with Crippen LogP contribution in [0.5, 0.6) is 0 Å². The van der Waals surface area contributed by atoms with E-state index in [1.807, 2.05) is 0 Å². The second-order valence-corrected chi connectivity index (χ2v) is 2.90. The Labute approximate surface area is 65.6 Å². The minimum Gasteiger partial charge on any atom is -0.477 e. The van der Waals surface area contributed by atoms with E-state index in [4.69, 9.17) is 5.11 Å². The molecular formula is C6H4N2O2S. The van der Waals surface area contributed by atoms with Crippen molar-refractivity contribution in [2.75, 3.05) is 0 Å². The number of nitrogens with one attached hydrogen (secondary N) is 1. The number of aromatic amines is 1. The monoisotopic (exact) mass is 168 g/mol. The quantitative estimate of drug-likeness (QED) is 0.674. The summed E-state index contributed by atoms with van der Waals surface area (Å²) in [5.74, 6) is -0.937. The lowest BCUT2D eigenvalue weighted by molar-refractivity contribution is 0.0691. The van der Waals surface area contributed by atoms with Crippen LogP contribution in [0.15, 0.2) is 12.3 Å². The molecule has 0 aliphatic heterocycles. The molecule has 2 rings (SSSR count). The molecule has 2 N–H and O–H groups in total. The summed E-state index contributed by atoms with van der Waals surface area (Å²) in [4.78, 5) is 14.0. The fraction of sp³-hybridized carbons (Fsp3) is 0. The third-order valence-electron chi connectivity index (χ3n) is 1.38. The Morgan fingerprint density at radius 2 is 2.55 bits per heavy atom. The van der Waals surface area contributed by atoms with Gasteiger partial charge in [-0.3, -0.25) is 0 Å². The van der Waals surface area contributed by atoms with Crippen LogP contribution in [0, 0.1) is 0 Å². The van der Waals surface area contributed by atoms with Gasteiger partial charge in [-0.2, -0.15) is 4.37 Å². The van der Waals surface area contributed by atoms with Crippen LogP contribution in [-0.2, 0) is 0 Å². The third kappa shape index (κ3) is 0.894. The maximum Gasteiger partial charge on any atom is 0.352 e. The molecule has 0 fully saturated rings. The van der Waals surface area contributed by atoms with Gasteiger partial charge in [0.25, 0.3) is 0 Å². The van der Waals surface area contributed by atoms with Crippen LogP contribution in [0.1, 0.15) is 10.5 Å². The van der Waals surface area contributed by atoms with Gasteiger partial charge in [-0.1, -0.05) is 0 Å². The van der Waals surface area contributed by atoms with Gasteiger partial charge in [0.05, 0.1) is 6.20 Å². The molecule has 0 spiro atoms. The number of nitrogens with zero attached hydrogens (tertiary/aromatic N) is 1. The minimum atomic E-state index is -0.937. The zero-order chi connectivity index (χ0) is 7.84. The average Bonchev–Trinajstić information content (AvgIpc) is 2.40. The zero-order valence-electron chi connectivity index (χ0n) is 5.37. The molecule has 0 aliphatic carbocycles. The van der Waals surface area contributed by atoms with E-state index in [0.717, 1.165) is 10.2 Å². The van der Waals surface area contributed by atoms with Gasteiger partial charge >= 0.3 is 5.97 Å². The van der Waals surface area contributed by atoms with E-state index in [2.05, 4.69) is 9.36 Å². The summed E-state index contributed by atoms with van der Waals surface area (Å²) < 4.78 is 3.88. The van der Waals surface area contributed by atoms with Gasteiger partial charge in [-0.05, 0) is 17.6 Å². The van der Waals surface area contributed by atoms with Crippen molar-refractivity contribution in [1.82, 2.24) is 9.36 Å². The minimum absolute atomic E-state index is 0.216. The molecule has 0 unspecified atom stereocenters. The summed E-state index contributed by atoms with van der Waals surface area (Å²) in [5, 5.41) is 9.41. The average molecular weight is 168 g/mol. The number of rotatable bonds is 1. The molecule has 0 amide bonds. The van der Waals surface area contributed by atoms with Crippen LogP contribution < -0.4 is 0 Å². The van der Waals surface area contributed by atoms with Crippen LogP contribution >= 0.6 is 11.5 Å². The highest BCUT2D eigenvalue weighted by molar-refractivity contribution is 7.12. The Bertz CT molecular complexity index is 375. The van der Waals surface area contributed by atoms with Crippen molar-refractivity contribution in [1.29, 1.82) is 0 Å². The Morgan fingerprint density at radius 1 is 1.73 bits per heavy atom. The molecule has 56 valence electrons. The smallest absolute Gasteiger partial charge is 0.352 e. The van der Waals surface area contributed by atoms with Crippen molar-refractivity contribution in [2.45, 2.75) is 0 Å². The van der Waals surface area contributed by atoms with Crippen molar-refractivity contribution in [3.8, 4) is 0 Å². The first kappa shape index (κ1) is 6.36. The number of hydrogen-bond donors (Lipinski definition) is 2. The predicted molar refractivity (Wildman–Crippen MR) is 40.9 cm³/mol. The van der Waals surface area contributed by atoms with E-state index in [9.17, 15) is 4.79 Å². The van der Waals surface area contributed by atoms with Gasteiger partial charge < -0.3 is 10.1 Å². The molecule has 11 heavy (non-hydrogen) atoms. The molecule has 5 heteroatoms. The molecule has 0 radical (unpaired) electrons. The van der Waals surface area contributed by atoms with E-state index >= 15 is 0 Å². The number of H-pyrrole nitrogens is 1. The highest BCUT2D eigenvalue weighted by atomic mass is 32.1. The van der Waals surface area contributed by atoms with Gasteiger partial charge in [0, 0.05) is 5.39 Å². The molecule has 0 aromatic carbocycles. The molecule has 0 atom stereocenters. The van der Waals surface area contributed by atoms with E-state index < -0.39 is 5.97 Å². The SMILES string of the molecule is O=C(O)c1cc2cnsc2[nH]1. The number of carboxylic acids is 1. The summed E-state index contributed by atoms with van der Waals surface area (Å²) in [7, 11) is 0. The lowest BCUT2D eigenvalue weighted by atomic mass is 10.4. The van der Waals surface area contributed by atoms with Gasteiger partial charge in [0.1, 0.15) is 10.5 Å². The van der Waals surface area contributed by atoms with Gasteiger partial charge in [-0.15, -0.1) is 0 Å². The summed E-state index contributed by atoms with van der Waals surface area (Å²) in [6.07, 6.45) is 1.64. The predicted octanol–water partition coefficient (Wildman–Crippen LogP) is 1.32. The summed E-state index contributed by atoms with van der Waals surface area (Å²) in [6.45, 7) is 0. The standard InChI is InChI=1S/C6H4N2O2S/c9-6(10)4-1-3-2-7-11-5(3)8-4/h1-2,8H,(H,9,10). The normalized spacial score (nSPS) is 10.5. The van der Waals surface area contributed by atoms with Crippen LogP contribution in [0.25, 0.3) is 10.2 Å². The van der Waals surface area contributed by atoms with Gasteiger partial charge in [0.2, 0.25) is 0 Å². The van der Waals surface area contributed by atoms with E-state index in [-0.39, 0.29) is 5.69 Å². The van der Waals surface area contributed by atoms with Gasteiger partial charge in [-0.25, -0.2) is 4.79 Å². The maximum atomic E-state index is 10.4. The molecule has 4 nitrogen and oxygen atoms in total. The molecule has 0 aliphatic rings. The molecule has 0 saturated heterocycles. The number of carboxylic acid groups (broad SMARTS) is 1. The van der Waals surface area contributed by atoms with E-state index in [1.54, 1.807) is 12.3 Å². The van der Waals surface area contributed by atoms with E-state index in [1.165, 1.54) is 11.5 Å². The molecule has 2 aromatic rings. The van der Waals surface area contributed by atoms with Crippen molar-refractivity contribution < 1.29 is 9.90 Å². The first-order valence-electron chi connectivity index (χ1n) is 2.94. The Morgan fingerprint density at radius 3 is 3.18 bits per heavy atom. The van der Waals surface area contributed by atoms with Crippen LogP contribution in [-0.4, -0.2) is 20.4 Å². The number of carbonyl (C=O) groups is 1. The third-order valence-corrected chi connectivity index (χ3v) is 2.11. The molecule has 0 bridgehead atoms. The first-order valence-corrected chi connectivity index (χ1v) is 3.71. The Hall–Kier alpha value is -1.36. The van der Waals surface area contributed by atoms with Crippen molar-refractivity contribution in [3.63, 3.8) is 0 Å². The van der Waals surface area contributed by atoms with Crippen molar-refractivity contribution >= 4 is 27.7 Å². The van der Waals surface area contributed by atoms with Crippen LogP contribution in [0.4, 0.5) is 0 Å². The van der Waals surface area contributed by atoms with Crippen molar-refractivity contribution in [2.24, 2.45) is 0 Å². The molecule has 2 heterocycles. The zero-order valence-corrected chi connectivity index (χ0v) is 6.18. The summed E-state index contributed by atoms with van der Waals surface area (Å²) >= 11 is 1.26. The van der Waals surface area contributed by atoms with Gasteiger partial charge in [0.15, 0.2) is 0 Å². The van der Waals surface area contributed by atoms with Crippen molar-refractivity contribution in [3.05, 3.63) is 18.0 Å². The topological polar surface area (TPSA) is 66.0 Å². The Balaban J connectivity index is 2.67. The lowest BCUT2D eigenvalue weighted by Gasteiger charge is -1.82. The largest absolute Gasteiger partial charge is 0.477 e. The van der Waals surface area contributed by atoms with E-state index in [0.29, 0.717) is 0 Å². The second kappa shape index (κ2) is 2.06. The molecular weight excluding hydrogens is 164 g/mol. The Kier molecular flexibility index (Phi) is 1.19. The molecule has 0 saturated carbocycles. The second-order valence-electron chi connectivity index (χ2n) is 2.10. The van der Waals surface area contributed by atoms with Crippen LogP contribution in [0.2, 0.25) is 0 Å². The summed E-state index contributed by atoms with van der Waals surface area (Å²) in [6, 6.07) is 1.57. The fourth-order valence-corrected chi connectivity index (χ4v) is 1.52. The highest BCUT2D eigenvalue weighted by Gasteiger charge is 2.07. The lowest BCUT2D eigenvalue weighted by Crippen LogP contribution is -1.94. The number of fused-ring (bicyclic) bond motifs is 1. The maximum absolute atomic E-state index is 10.4. The first-order chi connectivity index (χ1) is 5.27. The highest BCUT2D eigenvalue weighted by Crippen LogP contribution is 2.17. The number of aromatic nitrogens is 2. The van der Waals surface area contributed by atoms with Crippen LogP contribution in [0.3, 0.4) is 0 Å². The number of aromatic carboxylic acids is 1. The fourth-order valence-electron chi connectivity index (χ4n) is 0.874.